The molecule has 3 N–H and O–H groups in total. The molecular weight excluding hydrogens is 280 g/mol. The molecule has 7 heteroatoms. The van der Waals surface area contributed by atoms with E-state index in [1.807, 2.05) is 0 Å². The Morgan fingerprint density at radius 2 is 2.25 bits per heavy atom. The maximum Gasteiger partial charge on any atom is 0.337 e. The lowest BCUT2D eigenvalue weighted by atomic mass is 10.2. The third-order valence-corrected chi connectivity index (χ3v) is 3.55. The predicted octanol–water partition coefficient (Wildman–Crippen LogP) is 1.14. The van der Waals surface area contributed by atoms with Crippen molar-refractivity contribution >= 4 is 23.4 Å². The molecule has 20 heavy (non-hydrogen) atoms. The van der Waals surface area contributed by atoms with E-state index in [0.717, 1.165) is 45.7 Å². The summed E-state index contributed by atoms with van der Waals surface area (Å²) >= 11 is 5.77. The Morgan fingerprint density at radius 1 is 1.50 bits per heavy atom. The first kappa shape index (κ1) is 15.0. The maximum atomic E-state index is 11.0. The Morgan fingerprint density at radius 3 is 2.95 bits per heavy atom. The summed E-state index contributed by atoms with van der Waals surface area (Å²) in [5.41, 5.74) is 0.0753. The van der Waals surface area contributed by atoms with E-state index in [4.69, 9.17) is 16.7 Å². The quantitative estimate of drug-likeness (QED) is 0.684. The lowest BCUT2D eigenvalue weighted by molar-refractivity contribution is 0.0697. The second kappa shape index (κ2) is 7.42. The van der Waals surface area contributed by atoms with Crippen LogP contribution in [-0.2, 0) is 0 Å². The number of nitrogens with zero attached hydrogens (tertiary/aromatic N) is 2. The zero-order valence-corrected chi connectivity index (χ0v) is 12.0. The third-order valence-electron chi connectivity index (χ3n) is 3.25. The van der Waals surface area contributed by atoms with E-state index in [-0.39, 0.29) is 10.6 Å². The van der Waals surface area contributed by atoms with Crippen LogP contribution in [0.2, 0.25) is 5.02 Å². The summed E-state index contributed by atoms with van der Waals surface area (Å²) in [6, 6.07) is 1.47. The Balaban J connectivity index is 1.76. The molecule has 0 radical (unpaired) electrons. The number of carboxylic acids is 1. The predicted molar refractivity (Wildman–Crippen MR) is 78.6 cm³/mol. The van der Waals surface area contributed by atoms with Crippen LogP contribution in [0.15, 0.2) is 12.3 Å². The lowest BCUT2D eigenvalue weighted by Gasteiger charge is -2.27. The number of aromatic nitrogens is 1. The van der Waals surface area contributed by atoms with Gasteiger partial charge < -0.3 is 20.6 Å². The van der Waals surface area contributed by atoms with Gasteiger partial charge in [0.05, 0.1) is 10.6 Å². The molecule has 0 atom stereocenters. The molecule has 1 aromatic rings. The first-order valence-corrected chi connectivity index (χ1v) is 7.10. The number of halogens is 1. The summed E-state index contributed by atoms with van der Waals surface area (Å²) in [6.45, 7) is 6.07. The lowest BCUT2D eigenvalue weighted by Crippen LogP contribution is -2.44. The van der Waals surface area contributed by atoms with E-state index in [0.29, 0.717) is 5.82 Å². The van der Waals surface area contributed by atoms with E-state index in [1.165, 1.54) is 12.3 Å². The number of hydrogen-bond donors (Lipinski definition) is 3. The Hall–Kier alpha value is -1.37. The Kier molecular flexibility index (Phi) is 5.58. The maximum absolute atomic E-state index is 11.0. The second-order valence-corrected chi connectivity index (χ2v) is 5.13. The highest BCUT2D eigenvalue weighted by molar-refractivity contribution is 6.33. The minimum Gasteiger partial charge on any atom is -0.478 e. The normalized spacial score (nSPS) is 16.1. The van der Waals surface area contributed by atoms with Crippen LogP contribution in [0.25, 0.3) is 0 Å². The number of rotatable bonds is 6. The standard InChI is InChI=1S/C13H19ClN4O2/c14-11-9-17-12(8-10(11)13(19)20)16-2-1-5-18-6-3-15-4-7-18/h8-9,15H,1-7H2,(H,16,17)(H,19,20). The largest absolute Gasteiger partial charge is 0.478 e. The molecule has 0 unspecified atom stereocenters. The molecule has 1 saturated heterocycles. The number of pyridine rings is 1. The minimum absolute atomic E-state index is 0.0753. The van der Waals surface area contributed by atoms with Crippen molar-refractivity contribution in [1.82, 2.24) is 15.2 Å². The number of carbonyl (C=O) groups is 1. The van der Waals surface area contributed by atoms with Gasteiger partial charge in [-0.3, -0.25) is 0 Å². The summed E-state index contributed by atoms with van der Waals surface area (Å²) in [4.78, 5) is 17.4. The van der Waals surface area contributed by atoms with Gasteiger partial charge >= 0.3 is 5.97 Å². The average molecular weight is 299 g/mol. The molecule has 0 amide bonds. The van der Waals surface area contributed by atoms with Gasteiger partial charge in [-0.25, -0.2) is 9.78 Å². The first-order chi connectivity index (χ1) is 9.66. The molecular formula is C13H19ClN4O2. The topological polar surface area (TPSA) is 77.5 Å². The van der Waals surface area contributed by atoms with Crippen molar-refractivity contribution in [1.29, 1.82) is 0 Å². The van der Waals surface area contributed by atoms with Crippen molar-refractivity contribution in [2.24, 2.45) is 0 Å². The number of anilines is 1. The van der Waals surface area contributed by atoms with Crippen LogP contribution in [0.4, 0.5) is 5.82 Å². The molecule has 110 valence electrons. The number of hydrogen-bond acceptors (Lipinski definition) is 5. The highest BCUT2D eigenvalue weighted by atomic mass is 35.5. The second-order valence-electron chi connectivity index (χ2n) is 4.73. The molecule has 0 aliphatic carbocycles. The number of carboxylic acid groups (broad SMARTS) is 1. The molecule has 1 fully saturated rings. The fourth-order valence-electron chi connectivity index (χ4n) is 2.15. The summed E-state index contributed by atoms with van der Waals surface area (Å²) in [5, 5.41) is 15.6. The highest BCUT2D eigenvalue weighted by Crippen LogP contribution is 2.17. The van der Waals surface area contributed by atoms with Crippen LogP contribution in [0, 0.1) is 0 Å². The minimum atomic E-state index is -1.04. The summed E-state index contributed by atoms with van der Waals surface area (Å²) < 4.78 is 0. The zero-order chi connectivity index (χ0) is 14.4. The zero-order valence-electron chi connectivity index (χ0n) is 11.2. The van der Waals surface area contributed by atoms with Crippen molar-refractivity contribution in [2.45, 2.75) is 6.42 Å². The van der Waals surface area contributed by atoms with E-state index in [9.17, 15) is 4.79 Å². The van der Waals surface area contributed by atoms with Gasteiger partial charge in [0.1, 0.15) is 5.82 Å². The molecule has 0 aromatic carbocycles. The van der Waals surface area contributed by atoms with Crippen LogP contribution >= 0.6 is 11.6 Å². The van der Waals surface area contributed by atoms with Gasteiger partial charge in [-0.15, -0.1) is 0 Å². The fourth-order valence-corrected chi connectivity index (χ4v) is 2.34. The van der Waals surface area contributed by atoms with Crippen molar-refractivity contribution < 1.29 is 9.90 Å². The van der Waals surface area contributed by atoms with Gasteiger partial charge in [-0.05, 0) is 19.0 Å². The van der Waals surface area contributed by atoms with Crippen LogP contribution in [0.3, 0.4) is 0 Å². The summed E-state index contributed by atoms with van der Waals surface area (Å²) in [5.74, 6) is -0.492. The van der Waals surface area contributed by atoms with Crippen LogP contribution < -0.4 is 10.6 Å². The first-order valence-electron chi connectivity index (χ1n) is 6.72. The van der Waals surface area contributed by atoms with Gasteiger partial charge in [0.2, 0.25) is 0 Å². The molecule has 0 spiro atoms. The van der Waals surface area contributed by atoms with Crippen LogP contribution in [0.5, 0.6) is 0 Å². The molecule has 1 aromatic heterocycles. The monoisotopic (exact) mass is 298 g/mol. The van der Waals surface area contributed by atoms with Crippen LogP contribution in [-0.4, -0.2) is 60.2 Å². The van der Waals surface area contributed by atoms with Gasteiger partial charge in [0, 0.05) is 38.9 Å². The van der Waals surface area contributed by atoms with Gasteiger partial charge in [0.15, 0.2) is 0 Å². The average Bonchev–Trinajstić information content (AvgIpc) is 2.46. The number of nitrogens with one attached hydrogen (secondary N) is 2. The smallest absolute Gasteiger partial charge is 0.337 e. The van der Waals surface area contributed by atoms with E-state index < -0.39 is 5.97 Å². The molecule has 2 heterocycles. The fraction of sp³-hybridized carbons (Fsp3) is 0.538. The highest BCUT2D eigenvalue weighted by Gasteiger charge is 2.11. The number of piperazine rings is 1. The van der Waals surface area contributed by atoms with Gasteiger partial charge in [-0.2, -0.15) is 0 Å². The van der Waals surface area contributed by atoms with Crippen molar-refractivity contribution in [3.8, 4) is 0 Å². The Bertz CT molecular complexity index is 464. The van der Waals surface area contributed by atoms with Crippen molar-refractivity contribution in [3.05, 3.63) is 22.8 Å². The third kappa shape index (κ3) is 4.33. The van der Waals surface area contributed by atoms with Crippen LogP contribution in [0.1, 0.15) is 16.8 Å². The van der Waals surface area contributed by atoms with E-state index in [2.05, 4.69) is 20.5 Å². The summed E-state index contributed by atoms with van der Waals surface area (Å²) in [7, 11) is 0. The van der Waals surface area contributed by atoms with Crippen molar-refractivity contribution in [2.75, 3.05) is 44.6 Å². The summed E-state index contributed by atoms with van der Waals surface area (Å²) in [6.07, 6.45) is 2.36. The van der Waals surface area contributed by atoms with Crippen molar-refractivity contribution in [3.63, 3.8) is 0 Å². The SMILES string of the molecule is O=C(O)c1cc(NCCCN2CCNCC2)ncc1Cl. The molecule has 0 saturated carbocycles. The van der Waals surface area contributed by atoms with Gasteiger partial charge in [-0.1, -0.05) is 11.6 Å². The molecule has 2 rings (SSSR count). The molecule has 1 aliphatic rings. The Labute approximate surface area is 123 Å². The van der Waals surface area contributed by atoms with E-state index in [1.54, 1.807) is 0 Å². The molecule has 1 aliphatic heterocycles. The molecule has 0 bridgehead atoms. The number of aromatic carboxylic acids is 1. The van der Waals surface area contributed by atoms with Gasteiger partial charge in [0.25, 0.3) is 0 Å². The molecule has 6 nitrogen and oxygen atoms in total. The van der Waals surface area contributed by atoms with E-state index >= 15 is 0 Å².